The van der Waals surface area contributed by atoms with Crippen molar-refractivity contribution in [3.63, 3.8) is 0 Å². The minimum absolute atomic E-state index is 0.293. The summed E-state index contributed by atoms with van der Waals surface area (Å²) in [6.07, 6.45) is 4.67. The fourth-order valence-corrected chi connectivity index (χ4v) is 2.70. The van der Waals surface area contributed by atoms with E-state index in [4.69, 9.17) is 5.11 Å². The maximum Gasteiger partial charge on any atom is 0.328 e. The SMILES string of the molecule is CC1CCCN(c2ccc(C=CC(=O)O)cc2F)C1C. The van der Waals surface area contributed by atoms with Crippen LogP contribution in [0.25, 0.3) is 6.08 Å². The van der Waals surface area contributed by atoms with E-state index in [0.29, 0.717) is 23.2 Å². The van der Waals surface area contributed by atoms with Crippen LogP contribution in [0.1, 0.15) is 32.3 Å². The molecule has 0 amide bonds. The third kappa shape index (κ3) is 3.18. The second kappa shape index (κ2) is 6.07. The van der Waals surface area contributed by atoms with Gasteiger partial charge < -0.3 is 10.0 Å². The Hall–Kier alpha value is -1.84. The first-order chi connectivity index (χ1) is 9.49. The number of carboxylic acid groups (broad SMARTS) is 1. The van der Waals surface area contributed by atoms with Crippen molar-refractivity contribution in [1.82, 2.24) is 0 Å². The Balaban J connectivity index is 2.23. The molecule has 0 bridgehead atoms. The van der Waals surface area contributed by atoms with E-state index in [9.17, 15) is 9.18 Å². The molecule has 1 aliphatic rings. The van der Waals surface area contributed by atoms with E-state index in [0.717, 1.165) is 19.0 Å². The molecule has 1 aromatic rings. The summed E-state index contributed by atoms with van der Waals surface area (Å²) in [6.45, 7) is 5.19. The molecule has 1 N–H and O–H groups in total. The van der Waals surface area contributed by atoms with E-state index in [1.54, 1.807) is 12.1 Å². The lowest BCUT2D eigenvalue weighted by Crippen LogP contribution is -2.42. The topological polar surface area (TPSA) is 40.5 Å². The van der Waals surface area contributed by atoms with Gasteiger partial charge in [0.1, 0.15) is 5.82 Å². The average molecular weight is 277 g/mol. The van der Waals surface area contributed by atoms with Crippen LogP contribution >= 0.6 is 0 Å². The number of halogens is 1. The zero-order chi connectivity index (χ0) is 14.7. The van der Waals surface area contributed by atoms with Crippen LogP contribution < -0.4 is 4.90 Å². The zero-order valence-corrected chi connectivity index (χ0v) is 11.8. The number of aliphatic carboxylic acids is 1. The summed E-state index contributed by atoms with van der Waals surface area (Å²) in [7, 11) is 0. The van der Waals surface area contributed by atoms with Crippen molar-refractivity contribution in [2.24, 2.45) is 5.92 Å². The fourth-order valence-electron chi connectivity index (χ4n) is 2.70. The number of carboxylic acids is 1. The lowest BCUT2D eigenvalue weighted by molar-refractivity contribution is -0.131. The van der Waals surface area contributed by atoms with Crippen molar-refractivity contribution < 1.29 is 14.3 Å². The van der Waals surface area contributed by atoms with Crippen LogP contribution in [0, 0.1) is 11.7 Å². The molecule has 0 aliphatic carbocycles. The molecule has 1 aliphatic heterocycles. The van der Waals surface area contributed by atoms with Crippen LogP contribution in [0.4, 0.5) is 10.1 Å². The van der Waals surface area contributed by atoms with E-state index in [1.165, 1.54) is 18.6 Å². The summed E-state index contributed by atoms with van der Waals surface area (Å²) < 4.78 is 14.2. The first kappa shape index (κ1) is 14.6. The van der Waals surface area contributed by atoms with Crippen molar-refractivity contribution in [2.75, 3.05) is 11.4 Å². The van der Waals surface area contributed by atoms with Crippen LogP contribution in [-0.2, 0) is 4.79 Å². The maximum atomic E-state index is 14.2. The Bertz CT molecular complexity index is 527. The number of hydrogen-bond donors (Lipinski definition) is 1. The molecule has 20 heavy (non-hydrogen) atoms. The fraction of sp³-hybridized carbons (Fsp3) is 0.438. The number of rotatable bonds is 3. The van der Waals surface area contributed by atoms with Crippen LogP contribution in [0.2, 0.25) is 0 Å². The quantitative estimate of drug-likeness (QED) is 0.859. The highest BCUT2D eigenvalue weighted by Crippen LogP contribution is 2.30. The smallest absolute Gasteiger partial charge is 0.328 e. The van der Waals surface area contributed by atoms with Gasteiger partial charge in [-0.2, -0.15) is 0 Å². The van der Waals surface area contributed by atoms with Gasteiger partial charge in [0.2, 0.25) is 0 Å². The van der Waals surface area contributed by atoms with Gasteiger partial charge in [-0.25, -0.2) is 9.18 Å². The summed E-state index contributed by atoms with van der Waals surface area (Å²) in [6, 6.07) is 5.20. The summed E-state index contributed by atoms with van der Waals surface area (Å²) in [5.41, 5.74) is 1.17. The highest BCUT2D eigenvalue weighted by Gasteiger charge is 2.26. The van der Waals surface area contributed by atoms with Crippen LogP contribution in [0.15, 0.2) is 24.3 Å². The molecular formula is C16H20FNO2. The van der Waals surface area contributed by atoms with E-state index in [2.05, 4.69) is 18.7 Å². The molecule has 1 fully saturated rings. The zero-order valence-electron chi connectivity index (χ0n) is 11.8. The highest BCUT2D eigenvalue weighted by molar-refractivity contribution is 5.85. The van der Waals surface area contributed by atoms with Crippen LogP contribution in [0.5, 0.6) is 0 Å². The number of anilines is 1. The van der Waals surface area contributed by atoms with E-state index in [1.807, 2.05) is 0 Å². The third-order valence-corrected chi connectivity index (χ3v) is 4.07. The van der Waals surface area contributed by atoms with Crippen molar-refractivity contribution in [2.45, 2.75) is 32.7 Å². The Morgan fingerprint density at radius 1 is 1.45 bits per heavy atom. The van der Waals surface area contributed by atoms with E-state index < -0.39 is 5.97 Å². The number of hydrogen-bond acceptors (Lipinski definition) is 2. The monoisotopic (exact) mass is 277 g/mol. The Morgan fingerprint density at radius 2 is 2.20 bits per heavy atom. The molecule has 0 aromatic heterocycles. The molecule has 2 atom stereocenters. The van der Waals surface area contributed by atoms with Gasteiger partial charge in [-0.1, -0.05) is 13.0 Å². The number of nitrogens with zero attached hydrogens (tertiary/aromatic N) is 1. The number of carbonyl (C=O) groups is 1. The van der Waals surface area contributed by atoms with Gasteiger partial charge in [0.25, 0.3) is 0 Å². The Labute approximate surface area is 118 Å². The Kier molecular flexibility index (Phi) is 4.42. The molecule has 3 nitrogen and oxygen atoms in total. The second-order valence-electron chi connectivity index (χ2n) is 5.44. The molecule has 0 spiro atoms. The molecule has 0 saturated carbocycles. The summed E-state index contributed by atoms with van der Waals surface area (Å²) in [4.78, 5) is 12.6. The average Bonchev–Trinajstić information content (AvgIpc) is 2.40. The lowest BCUT2D eigenvalue weighted by atomic mass is 9.91. The molecule has 1 heterocycles. The number of piperidine rings is 1. The molecule has 1 saturated heterocycles. The molecule has 4 heteroatoms. The lowest BCUT2D eigenvalue weighted by Gasteiger charge is -2.39. The maximum absolute atomic E-state index is 14.2. The minimum atomic E-state index is -1.03. The van der Waals surface area contributed by atoms with Gasteiger partial charge in [-0.3, -0.25) is 0 Å². The summed E-state index contributed by atoms with van der Waals surface area (Å²) in [5.74, 6) is -0.777. The van der Waals surface area contributed by atoms with E-state index in [-0.39, 0.29) is 5.82 Å². The summed E-state index contributed by atoms with van der Waals surface area (Å²) in [5, 5.41) is 8.58. The molecule has 108 valence electrons. The minimum Gasteiger partial charge on any atom is -0.478 e. The van der Waals surface area contributed by atoms with Gasteiger partial charge in [0.15, 0.2) is 0 Å². The van der Waals surface area contributed by atoms with E-state index >= 15 is 0 Å². The second-order valence-corrected chi connectivity index (χ2v) is 5.44. The van der Waals surface area contributed by atoms with Gasteiger partial charge in [0, 0.05) is 18.7 Å². The third-order valence-electron chi connectivity index (χ3n) is 4.07. The largest absolute Gasteiger partial charge is 0.478 e. The van der Waals surface area contributed by atoms with Crippen LogP contribution in [-0.4, -0.2) is 23.7 Å². The van der Waals surface area contributed by atoms with Crippen molar-refractivity contribution in [3.8, 4) is 0 Å². The molecule has 2 unspecified atom stereocenters. The van der Waals surface area contributed by atoms with Gasteiger partial charge >= 0.3 is 5.97 Å². The first-order valence-electron chi connectivity index (χ1n) is 6.96. The molecular weight excluding hydrogens is 257 g/mol. The van der Waals surface area contributed by atoms with Crippen molar-refractivity contribution in [1.29, 1.82) is 0 Å². The number of benzene rings is 1. The van der Waals surface area contributed by atoms with Crippen molar-refractivity contribution >= 4 is 17.7 Å². The van der Waals surface area contributed by atoms with Gasteiger partial charge in [0.05, 0.1) is 5.69 Å². The standard InChI is InChI=1S/C16H20FNO2/c1-11-4-3-9-18(12(11)2)15-7-5-13(10-14(15)17)6-8-16(19)20/h5-8,10-12H,3-4,9H2,1-2H3,(H,19,20). The molecule has 2 rings (SSSR count). The van der Waals surface area contributed by atoms with Gasteiger partial charge in [-0.05, 0) is 49.5 Å². The summed E-state index contributed by atoms with van der Waals surface area (Å²) >= 11 is 0. The first-order valence-corrected chi connectivity index (χ1v) is 6.96. The molecule has 1 aromatic carbocycles. The Morgan fingerprint density at radius 3 is 2.85 bits per heavy atom. The molecule has 0 radical (unpaired) electrons. The predicted octanol–water partition coefficient (Wildman–Crippen LogP) is 3.55. The predicted molar refractivity (Wildman–Crippen MR) is 78.3 cm³/mol. The van der Waals surface area contributed by atoms with Crippen LogP contribution in [0.3, 0.4) is 0 Å². The normalized spacial score (nSPS) is 23.2. The van der Waals surface area contributed by atoms with Crippen molar-refractivity contribution in [3.05, 3.63) is 35.7 Å². The van der Waals surface area contributed by atoms with Gasteiger partial charge in [-0.15, -0.1) is 0 Å². The highest BCUT2D eigenvalue weighted by atomic mass is 19.1.